The first-order valence-corrected chi connectivity index (χ1v) is 6.76. The Morgan fingerprint density at radius 3 is 2.95 bits per heavy atom. The topological polar surface area (TPSA) is 70.4 Å². The number of hydrogen-bond acceptors (Lipinski definition) is 4. The molecule has 1 unspecified atom stereocenters. The van der Waals surface area contributed by atoms with Crippen LogP contribution in [-0.4, -0.2) is 37.0 Å². The summed E-state index contributed by atoms with van der Waals surface area (Å²) < 4.78 is 0. The lowest BCUT2D eigenvalue weighted by Crippen LogP contribution is -2.44. The van der Waals surface area contributed by atoms with Crippen molar-refractivity contribution < 1.29 is 4.79 Å². The molecule has 1 heterocycles. The number of anilines is 1. The van der Waals surface area contributed by atoms with Gasteiger partial charge in [0.2, 0.25) is 0 Å². The molecular weight excluding hydrogens is 240 g/mol. The summed E-state index contributed by atoms with van der Waals surface area (Å²) in [7, 11) is 2.12. The molecule has 104 valence electrons. The number of likely N-dealkylation sites (tertiary alicyclic amines) is 1. The van der Waals surface area contributed by atoms with E-state index < -0.39 is 0 Å². The van der Waals surface area contributed by atoms with Gasteiger partial charge in [-0.1, -0.05) is 18.6 Å². The van der Waals surface area contributed by atoms with Gasteiger partial charge in [0.15, 0.2) is 0 Å². The monoisotopic (exact) mass is 262 g/mol. The van der Waals surface area contributed by atoms with E-state index in [2.05, 4.69) is 22.7 Å². The number of para-hydroxylation sites is 1. The van der Waals surface area contributed by atoms with Gasteiger partial charge in [0, 0.05) is 12.6 Å². The number of hydrazine groups is 1. The van der Waals surface area contributed by atoms with Gasteiger partial charge in [0.1, 0.15) is 0 Å². The number of carbonyl (C=O) groups excluding carboxylic acids is 1. The maximum atomic E-state index is 12.1. The highest BCUT2D eigenvalue weighted by molar-refractivity contribution is 5.99. The van der Waals surface area contributed by atoms with Crippen molar-refractivity contribution in [2.24, 2.45) is 5.84 Å². The van der Waals surface area contributed by atoms with Gasteiger partial charge in [0.25, 0.3) is 5.91 Å². The summed E-state index contributed by atoms with van der Waals surface area (Å²) in [5, 5.41) is 3.00. The molecule has 1 aliphatic rings. The lowest BCUT2D eigenvalue weighted by atomic mass is 10.0. The molecule has 5 nitrogen and oxygen atoms in total. The van der Waals surface area contributed by atoms with Crippen LogP contribution in [0.1, 0.15) is 29.6 Å². The molecule has 1 amide bonds. The van der Waals surface area contributed by atoms with Crippen LogP contribution in [-0.2, 0) is 0 Å². The standard InChI is InChI=1S/C14H22N4O/c1-18-9-5-4-6-11(18)10-16-14(19)12-7-2-3-8-13(12)17-15/h2-3,7-8,11,17H,4-6,9-10,15H2,1H3,(H,16,19). The smallest absolute Gasteiger partial charge is 0.253 e. The van der Waals surface area contributed by atoms with Crippen molar-refractivity contribution >= 4 is 11.6 Å². The number of amides is 1. The predicted octanol–water partition coefficient (Wildman–Crippen LogP) is 1.19. The highest BCUT2D eigenvalue weighted by Crippen LogP contribution is 2.16. The van der Waals surface area contributed by atoms with Crippen molar-refractivity contribution in [3.8, 4) is 0 Å². The Morgan fingerprint density at radius 1 is 1.42 bits per heavy atom. The molecule has 0 radical (unpaired) electrons. The molecule has 1 aliphatic heterocycles. The van der Waals surface area contributed by atoms with Crippen LogP contribution < -0.4 is 16.6 Å². The molecule has 1 aromatic rings. The van der Waals surface area contributed by atoms with Crippen LogP contribution in [0.5, 0.6) is 0 Å². The fraction of sp³-hybridized carbons (Fsp3) is 0.500. The quantitative estimate of drug-likeness (QED) is 0.563. The van der Waals surface area contributed by atoms with E-state index in [1.165, 1.54) is 12.8 Å². The van der Waals surface area contributed by atoms with Crippen molar-refractivity contribution in [2.75, 3.05) is 25.6 Å². The normalized spacial score (nSPS) is 20.0. The van der Waals surface area contributed by atoms with Crippen LogP contribution in [0.15, 0.2) is 24.3 Å². The molecule has 1 fully saturated rings. The Kier molecular flexibility index (Phi) is 4.76. The Morgan fingerprint density at radius 2 is 2.21 bits per heavy atom. The fourth-order valence-corrected chi connectivity index (χ4v) is 2.51. The molecule has 19 heavy (non-hydrogen) atoms. The number of carbonyl (C=O) groups is 1. The summed E-state index contributed by atoms with van der Waals surface area (Å²) >= 11 is 0. The number of nitrogens with one attached hydrogen (secondary N) is 2. The summed E-state index contributed by atoms with van der Waals surface area (Å²) in [5.41, 5.74) is 3.79. The third-order valence-corrected chi connectivity index (χ3v) is 3.75. The zero-order valence-electron chi connectivity index (χ0n) is 11.4. The molecule has 1 saturated heterocycles. The van der Waals surface area contributed by atoms with Crippen LogP contribution in [0.2, 0.25) is 0 Å². The number of likely N-dealkylation sites (N-methyl/N-ethyl adjacent to an activating group) is 1. The van der Waals surface area contributed by atoms with Crippen LogP contribution in [0, 0.1) is 0 Å². The van der Waals surface area contributed by atoms with Gasteiger partial charge < -0.3 is 15.6 Å². The first-order valence-electron chi connectivity index (χ1n) is 6.76. The van der Waals surface area contributed by atoms with E-state index in [1.54, 1.807) is 12.1 Å². The molecule has 2 rings (SSSR count). The second kappa shape index (κ2) is 6.54. The number of nitrogens with zero attached hydrogens (tertiary/aromatic N) is 1. The number of piperidine rings is 1. The number of hydrogen-bond donors (Lipinski definition) is 3. The predicted molar refractivity (Wildman–Crippen MR) is 76.9 cm³/mol. The lowest BCUT2D eigenvalue weighted by Gasteiger charge is -2.32. The van der Waals surface area contributed by atoms with E-state index in [9.17, 15) is 4.79 Å². The minimum Gasteiger partial charge on any atom is -0.350 e. The minimum atomic E-state index is -0.0764. The summed E-state index contributed by atoms with van der Waals surface area (Å²) in [6.07, 6.45) is 3.64. The van der Waals surface area contributed by atoms with Crippen molar-refractivity contribution in [1.82, 2.24) is 10.2 Å². The second-order valence-corrected chi connectivity index (χ2v) is 5.03. The molecule has 1 atom stereocenters. The van der Waals surface area contributed by atoms with Crippen LogP contribution in [0.25, 0.3) is 0 Å². The van der Waals surface area contributed by atoms with Crippen LogP contribution >= 0.6 is 0 Å². The van der Waals surface area contributed by atoms with Crippen LogP contribution in [0.4, 0.5) is 5.69 Å². The summed E-state index contributed by atoms with van der Waals surface area (Å²) in [6, 6.07) is 7.69. The Bertz CT molecular complexity index is 435. The summed E-state index contributed by atoms with van der Waals surface area (Å²) in [6.45, 7) is 1.80. The average Bonchev–Trinajstić information content (AvgIpc) is 2.46. The van der Waals surface area contributed by atoms with Gasteiger partial charge in [-0.05, 0) is 38.6 Å². The van der Waals surface area contributed by atoms with E-state index in [0.717, 1.165) is 13.0 Å². The molecule has 0 spiro atoms. The van der Waals surface area contributed by atoms with Gasteiger partial charge >= 0.3 is 0 Å². The van der Waals surface area contributed by atoms with Gasteiger partial charge in [-0.2, -0.15) is 0 Å². The van der Waals surface area contributed by atoms with E-state index in [4.69, 9.17) is 5.84 Å². The Balaban J connectivity index is 1.93. The fourth-order valence-electron chi connectivity index (χ4n) is 2.51. The van der Waals surface area contributed by atoms with Crippen molar-refractivity contribution in [2.45, 2.75) is 25.3 Å². The number of nitrogens with two attached hydrogens (primary N) is 1. The van der Waals surface area contributed by atoms with E-state index >= 15 is 0 Å². The molecule has 0 bridgehead atoms. The van der Waals surface area contributed by atoms with E-state index in [0.29, 0.717) is 23.8 Å². The number of rotatable bonds is 4. The molecule has 1 aromatic carbocycles. The van der Waals surface area contributed by atoms with Gasteiger partial charge in [-0.3, -0.25) is 10.6 Å². The summed E-state index contributed by atoms with van der Waals surface area (Å²) in [4.78, 5) is 14.5. The molecular formula is C14H22N4O. The SMILES string of the molecule is CN1CCCCC1CNC(=O)c1ccccc1NN. The average molecular weight is 262 g/mol. The van der Waals surface area contributed by atoms with Crippen molar-refractivity contribution in [1.29, 1.82) is 0 Å². The number of benzene rings is 1. The number of nitrogen functional groups attached to an aromatic ring is 1. The third-order valence-electron chi connectivity index (χ3n) is 3.75. The van der Waals surface area contributed by atoms with Gasteiger partial charge in [-0.25, -0.2) is 0 Å². The largest absolute Gasteiger partial charge is 0.350 e. The molecule has 5 heteroatoms. The van der Waals surface area contributed by atoms with E-state index in [1.807, 2.05) is 12.1 Å². The van der Waals surface area contributed by atoms with Gasteiger partial charge in [-0.15, -0.1) is 0 Å². The Hall–Kier alpha value is -1.59. The highest BCUT2D eigenvalue weighted by Gasteiger charge is 2.20. The minimum absolute atomic E-state index is 0.0764. The van der Waals surface area contributed by atoms with Gasteiger partial charge in [0.05, 0.1) is 11.3 Å². The first-order chi connectivity index (χ1) is 9.22. The molecule has 0 aliphatic carbocycles. The maximum absolute atomic E-state index is 12.1. The molecule has 0 aromatic heterocycles. The highest BCUT2D eigenvalue weighted by atomic mass is 16.1. The van der Waals surface area contributed by atoms with Crippen LogP contribution in [0.3, 0.4) is 0 Å². The lowest BCUT2D eigenvalue weighted by molar-refractivity contribution is 0.0929. The van der Waals surface area contributed by atoms with Crippen molar-refractivity contribution in [3.05, 3.63) is 29.8 Å². The molecule has 0 saturated carbocycles. The van der Waals surface area contributed by atoms with E-state index in [-0.39, 0.29) is 5.91 Å². The second-order valence-electron chi connectivity index (χ2n) is 5.03. The maximum Gasteiger partial charge on any atom is 0.253 e. The first kappa shape index (κ1) is 13.8. The summed E-state index contributed by atoms with van der Waals surface area (Å²) in [5.74, 6) is 5.33. The third kappa shape index (κ3) is 3.45. The molecule has 4 N–H and O–H groups in total. The zero-order chi connectivity index (χ0) is 13.7. The zero-order valence-corrected chi connectivity index (χ0v) is 11.4. The Labute approximate surface area is 114 Å². The van der Waals surface area contributed by atoms with Crippen molar-refractivity contribution in [3.63, 3.8) is 0 Å².